The Labute approximate surface area is 165 Å². The second kappa shape index (κ2) is 8.87. The van der Waals surface area contributed by atoms with Gasteiger partial charge in [0.2, 0.25) is 5.91 Å². The van der Waals surface area contributed by atoms with Crippen LogP contribution in [0.15, 0.2) is 60.3 Å². The van der Waals surface area contributed by atoms with Crippen molar-refractivity contribution in [1.82, 2.24) is 0 Å². The molecule has 144 valence electrons. The SMILES string of the molecule is CC(=O)Nc1ccc(NC(=O)/C(C#N)=C\Nc2ccccc2C(C)(C)C)cc1. The largest absolute Gasteiger partial charge is 0.360 e. The number of carbonyl (C=O) groups excluding carboxylic acids is 2. The molecule has 2 rings (SSSR count). The van der Waals surface area contributed by atoms with E-state index in [2.05, 4.69) is 36.7 Å². The van der Waals surface area contributed by atoms with Crippen molar-refractivity contribution in [2.24, 2.45) is 0 Å². The van der Waals surface area contributed by atoms with E-state index in [9.17, 15) is 14.9 Å². The smallest absolute Gasteiger partial charge is 0.267 e. The van der Waals surface area contributed by atoms with Gasteiger partial charge < -0.3 is 16.0 Å². The van der Waals surface area contributed by atoms with E-state index in [0.717, 1.165) is 11.3 Å². The summed E-state index contributed by atoms with van der Waals surface area (Å²) in [6.45, 7) is 7.71. The number of nitrogens with zero attached hydrogens (tertiary/aromatic N) is 1. The van der Waals surface area contributed by atoms with E-state index >= 15 is 0 Å². The van der Waals surface area contributed by atoms with Crippen LogP contribution in [0.25, 0.3) is 0 Å². The Morgan fingerprint density at radius 2 is 1.54 bits per heavy atom. The summed E-state index contributed by atoms with van der Waals surface area (Å²) < 4.78 is 0. The molecule has 0 atom stereocenters. The number of carbonyl (C=O) groups is 2. The Kier molecular flexibility index (Phi) is 6.56. The molecule has 0 heterocycles. The molecule has 0 saturated heterocycles. The molecule has 2 aromatic rings. The van der Waals surface area contributed by atoms with Crippen LogP contribution in [-0.2, 0) is 15.0 Å². The van der Waals surface area contributed by atoms with Crippen molar-refractivity contribution in [3.8, 4) is 6.07 Å². The van der Waals surface area contributed by atoms with Gasteiger partial charge in [0.25, 0.3) is 5.91 Å². The number of para-hydroxylation sites is 1. The number of rotatable bonds is 5. The quantitative estimate of drug-likeness (QED) is 0.532. The summed E-state index contributed by atoms with van der Waals surface area (Å²) in [5.41, 5.74) is 2.95. The highest BCUT2D eigenvalue weighted by Gasteiger charge is 2.17. The van der Waals surface area contributed by atoms with Crippen molar-refractivity contribution in [2.45, 2.75) is 33.1 Å². The van der Waals surface area contributed by atoms with Crippen molar-refractivity contribution in [3.05, 3.63) is 65.9 Å². The van der Waals surface area contributed by atoms with Gasteiger partial charge in [-0.15, -0.1) is 0 Å². The first kappa shape index (κ1) is 20.7. The van der Waals surface area contributed by atoms with E-state index in [1.54, 1.807) is 24.3 Å². The zero-order valence-corrected chi connectivity index (χ0v) is 16.5. The van der Waals surface area contributed by atoms with Gasteiger partial charge in [0.05, 0.1) is 0 Å². The monoisotopic (exact) mass is 376 g/mol. The van der Waals surface area contributed by atoms with Crippen LogP contribution in [0, 0.1) is 11.3 Å². The van der Waals surface area contributed by atoms with Crippen LogP contribution in [-0.4, -0.2) is 11.8 Å². The highest BCUT2D eigenvalue weighted by Crippen LogP contribution is 2.29. The summed E-state index contributed by atoms with van der Waals surface area (Å²) >= 11 is 0. The number of hydrogen-bond donors (Lipinski definition) is 3. The lowest BCUT2D eigenvalue weighted by Crippen LogP contribution is -2.16. The molecule has 2 aromatic carbocycles. The molecule has 0 unspecified atom stereocenters. The summed E-state index contributed by atoms with van der Waals surface area (Å²) in [6, 6.07) is 16.3. The van der Waals surface area contributed by atoms with Gasteiger partial charge in [-0.05, 0) is 41.3 Å². The molecule has 0 aliphatic heterocycles. The van der Waals surface area contributed by atoms with Crippen LogP contribution >= 0.6 is 0 Å². The first-order valence-corrected chi connectivity index (χ1v) is 8.86. The topological polar surface area (TPSA) is 94.0 Å². The molecule has 0 aliphatic rings. The molecule has 0 radical (unpaired) electrons. The molecule has 6 nitrogen and oxygen atoms in total. The van der Waals surface area contributed by atoms with Crippen LogP contribution in [0.5, 0.6) is 0 Å². The lowest BCUT2D eigenvalue weighted by Gasteiger charge is -2.22. The summed E-state index contributed by atoms with van der Waals surface area (Å²) in [4.78, 5) is 23.4. The summed E-state index contributed by atoms with van der Waals surface area (Å²) in [6.07, 6.45) is 1.41. The Bertz CT molecular complexity index is 932. The van der Waals surface area contributed by atoms with Crippen molar-refractivity contribution >= 4 is 28.9 Å². The minimum Gasteiger partial charge on any atom is -0.360 e. The van der Waals surface area contributed by atoms with Gasteiger partial charge in [0.15, 0.2) is 0 Å². The highest BCUT2D eigenvalue weighted by molar-refractivity contribution is 6.06. The highest BCUT2D eigenvalue weighted by atomic mass is 16.2. The summed E-state index contributed by atoms with van der Waals surface area (Å²) in [5.74, 6) is -0.691. The lowest BCUT2D eigenvalue weighted by molar-refractivity contribution is -0.114. The summed E-state index contributed by atoms with van der Waals surface area (Å²) in [5, 5.41) is 17.8. The van der Waals surface area contributed by atoms with Gasteiger partial charge in [-0.1, -0.05) is 39.0 Å². The maximum absolute atomic E-state index is 12.4. The van der Waals surface area contributed by atoms with Gasteiger partial charge in [0, 0.05) is 30.2 Å². The minimum absolute atomic E-state index is 0.0466. The van der Waals surface area contributed by atoms with Crippen molar-refractivity contribution in [3.63, 3.8) is 0 Å². The second-order valence-electron chi connectivity index (χ2n) is 7.32. The fourth-order valence-electron chi connectivity index (χ4n) is 2.60. The Morgan fingerprint density at radius 1 is 0.964 bits per heavy atom. The summed E-state index contributed by atoms with van der Waals surface area (Å²) in [7, 11) is 0. The Hall–Kier alpha value is -3.59. The van der Waals surface area contributed by atoms with Crippen LogP contribution < -0.4 is 16.0 Å². The van der Waals surface area contributed by atoms with Crippen molar-refractivity contribution in [1.29, 1.82) is 5.26 Å². The minimum atomic E-state index is -0.518. The fraction of sp³-hybridized carbons (Fsp3) is 0.227. The number of hydrogen-bond acceptors (Lipinski definition) is 4. The first-order chi connectivity index (χ1) is 13.2. The zero-order chi connectivity index (χ0) is 20.7. The second-order valence-corrected chi connectivity index (χ2v) is 7.32. The molecule has 2 amide bonds. The van der Waals surface area contributed by atoms with Gasteiger partial charge in [-0.2, -0.15) is 5.26 Å². The third kappa shape index (κ3) is 5.71. The standard InChI is InChI=1S/C22H24N4O2/c1-15(27)25-17-9-11-18(12-10-17)26-21(28)16(13-23)14-24-20-8-6-5-7-19(20)22(2,3)4/h5-12,14,24H,1-4H3,(H,25,27)(H,26,28)/b16-14-. The molecular weight excluding hydrogens is 352 g/mol. The van der Waals surface area contributed by atoms with E-state index in [4.69, 9.17) is 0 Å². The lowest BCUT2D eigenvalue weighted by atomic mass is 9.86. The molecule has 0 fully saturated rings. The maximum Gasteiger partial charge on any atom is 0.267 e. The van der Waals surface area contributed by atoms with Crippen LogP contribution in [0.3, 0.4) is 0 Å². The first-order valence-electron chi connectivity index (χ1n) is 8.86. The van der Waals surface area contributed by atoms with E-state index in [-0.39, 0.29) is 16.9 Å². The van der Waals surface area contributed by atoms with E-state index in [1.165, 1.54) is 13.1 Å². The fourth-order valence-corrected chi connectivity index (χ4v) is 2.60. The van der Waals surface area contributed by atoms with Crippen molar-refractivity contribution < 1.29 is 9.59 Å². The van der Waals surface area contributed by atoms with Gasteiger partial charge in [-0.3, -0.25) is 9.59 Å². The molecule has 6 heteroatoms. The third-order valence-corrected chi connectivity index (χ3v) is 3.94. The molecule has 0 saturated carbocycles. The number of anilines is 3. The average Bonchev–Trinajstić information content (AvgIpc) is 2.63. The average molecular weight is 376 g/mol. The van der Waals surface area contributed by atoms with Crippen LogP contribution in [0.2, 0.25) is 0 Å². The normalized spacial score (nSPS) is 11.3. The molecule has 0 spiro atoms. The molecule has 28 heavy (non-hydrogen) atoms. The van der Waals surface area contributed by atoms with Gasteiger partial charge in [-0.25, -0.2) is 0 Å². The maximum atomic E-state index is 12.4. The van der Waals surface area contributed by atoms with Gasteiger partial charge in [0.1, 0.15) is 11.6 Å². The number of nitriles is 1. The number of nitrogens with one attached hydrogen (secondary N) is 3. The van der Waals surface area contributed by atoms with Crippen LogP contribution in [0.1, 0.15) is 33.3 Å². The molecule has 3 N–H and O–H groups in total. The van der Waals surface area contributed by atoms with E-state index in [0.29, 0.717) is 11.4 Å². The van der Waals surface area contributed by atoms with Gasteiger partial charge >= 0.3 is 0 Å². The molecular formula is C22H24N4O2. The van der Waals surface area contributed by atoms with E-state index < -0.39 is 5.91 Å². The predicted octanol–water partition coefficient (Wildman–Crippen LogP) is 4.40. The molecule has 0 bridgehead atoms. The van der Waals surface area contributed by atoms with E-state index in [1.807, 2.05) is 30.3 Å². The zero-order valence-electron chi connectivity index (χ0n) is 16.5. The Balaban J connectivity index is 2.12. The van der Waals surface area contributed by atoms with Crippen LogP contribution in [0.4, 0.5) is 17.1 Å². The molecule has 0 aliphatic carbocycles. The Morgan fingerprint density at radius 3 is 2.07 bits per heavy atom. The number of amides is 2. The number of benzene rings is 2. The molecule has 0 aromatic heterocycles. The van der Waals surface area contributed by atoms with Crippen molar-refractivity contribution in [2.75, 3.05) is 16.0 Å². The third-order valence-electron chi connectivity index (χ3n) is 3.94. The predicted molar refractivity (Wildman–Crippen MR) is 112 cm³/mol.